The fourth-order valence-corrected chi connectivity index (χ4v) is 3.90. The van der Waals surface area contributed by atoms with E-state index in [1.165, 1.54) is 11.8 Å². The van der Waals surface area contributed by atoms with Gasteiger partial charge in [-0.05, 0) is 43.3 Å². The van der Waals surface area contributed by atoms with Gasteiger partial charge in [0.05, 0.1) is 24.8 Å². The molecule has 1 amide bonds. The Hall–Kier alpha value is -3.85. The summed E-state index contributed by atoms with van der Waals surface area (Å²) in [5.74, 6) is 1.37. The van der Waals surface area contributed by atoms with Crippen LogP contribution in [0.25, 0.3) is 17.1 Å². The Morgan fingerprint density at radius 2 is 1.88 bits per heavy atom. The van der Waals surface area contributed by atoms with E-state index in [4.69, 9.17) is 4.74 Å². The number of carbonyl (C=O) groups is 1. The first kappa shape index (κ1) is 22.3. The Balaban J connectivity index is 1.54. The zero-order chi connectivity index (χ0) is 23.2. The lowest BCUT2D eigenvalue weighted by atomic mass is 10.1. The van der Waals surface area contributed by atoms with Crippen molar-refractivity contribution in [2.45, 2.75) is 12.1 Å². The van der Waals surface area contributed by atoms with E-state index in [9.17, 15) is 4.79 Å². The van der Waals surface area contributed by atoms with Crippen LogP contribution in [0, 0.1) is 6.92 Å². The highest BCUT2D eigenvalue weighted by atomic mass is 32.2. The second-order valence-electron chi connectivity index (χ2n) is 7.33. The van der Waals surface area contributed by atoms with Crippen LogP contribution in [0.2, 0.25) is 0 Å². The van der Waals surface area contributed by atoms with E-state index in [1.807, 2.05) is 90.0 Å². The van der Waals surface area contributed by atoms with Crippen molar-refractivity contribution in [1.82, 2.24) is 24.8 Å². The van der Waals surface area contributed by atoms with E-state index < -0.39 is 0 Å². The Morgan fingerprint density at radius 3 is 2.55 bits per heavy atom. The number of thioether (sulfide) groups is 1. The van der Waals surface area contributed by atoms with Crippen molar-refractivity contribution >= 4 is 23.9 Å². The predicted octanol–water partition coefficient (Wildman–Crippen LogP) is 3.83. The highest BCUT2D eigenvalue weighted by Crippen LogP contribution is 2.29. The summed E-state index contributed by atoms with van der Waals surface area (Å²) in [5.41, 5.74) is 6.43. The summed E-state index contributed by atoms with van der Waals surface area (Å²) in [6, 6.07) is 19.6. The van der Waals surface area contributed by atoms with Gasteiger partial charge in [0.1, 0.15) is 5.75 Å². The van der Waals surface area contributed by atoms with E-state index in [2.05, 4.69) is 20.7 Å². The molecule has 9 heteroatoms. The van der Waals surface area contributed by atoms with Crippen molar-refractivity contribution in [1.29, 1.82) is 0 Å². The van der Waals surface area contributed by atoms with Crippen molar-refractivity contribution in [3.05, 3.63) is 78.1 Å². The molecule has 0 aliphatic rings. The second kappa shape index (κ2) is 10.2. The highest BCUT2D eigenvalue weighted by molar-refractivity contribution is 7.99. The number of rotatable bonds is 8. The Kier molecular flexibility index (Phi) is 6.89. The van der Waals surface area contributed by atoms with Crippen molar-refractivity contribution in [3.63, 3.8) is 0 Å². The summed E-state index contributed by atoms with van der Waals surface area (Å²) in [6.07, 6.45) is 3.52. The van der Waals surface area contributed by atoms with Gasteiger partial charge in [-0.3, -0.25) is 9.36 Å². The van der Waals surface area contributed by atoms with Crippen LogP contribution in [0.5, 0.6) is 5.75 Å². The molecule has 33 heavy (non-hydrogen) atoms. The van der Waals surface area contributed by atoms with Crippen molar-refractivity contribution in [2.24, 2.45) is 12.1 Å². The smallest absolute Gasteiger partial charge is 0.250 e. The summed E-state index contributed by atoms with van der Waals surface area (Å²) in [5, 5.41) is 13.4. The fraction of sp³-hybridized carbons (Fsp3) is 0.167. The minimum Gasteiger partial charge on any atom is -0.497 e. The maximum Gasteiger partial charge on any atom is 0.250 e. The first-order valence-corrected chi connectivity index (χ1v) is 11.3. The van der Waals surface area contributed by atoms with Crippen LogP contribution in [-0.4, -0.2) is 44.3 Å². The molecule has 0 bridgehead atoms. The predicted molar refractivity (Wildman–Crippen MR) is 130 cm³/mol. The van der Waals surface area contributed by atoms with Gasteiger partial charge in [-0.2, -0.15) is 5.10 Å². The van der Waals surface area contributed by atoms with Gasteiger partial charge in [0, 0.05) is 24.5 Å². The van der Waals surface area contributed by atoms with E-state index >= 15 is 0 Å². The van der Waals surface area contributed by atoms with Crippen molar-refractivity contribution in [3.8, 4) is 22.8 Å². The van der Waals surface area contributed by atoms with Gasteiger partial charge < -0.3 is 9.30 Å². The monoisotopic (exact) mass is 460 g/mol. The molecule has 8 nitrogen and oxygen atoms in total. The molecule has 4 aromatic rings. The number of carbonyl (C=O) groups excluding carboxylic acids is 1. The molecule has 168 valence electrons. The number of amides is 1. The Morgan fingerprint density at radius 1 is 1.12 bits per heavy atom. The average molecular weight is 461 g/mol. The first-order chi connectivity index (χ1) is 16.0. The standard InChI is InChI=1S/C24H24N6O2S/c1-17-6-8-18(9-7-17)23-27-28-24(30(23)19-10-12-21(32-3)13-11-19)33-16-22(31)26-25-15-20-5-4-14-29(20)2/h4-15H,16H2,1-3H3,(H,26,31)/b25-15+. The fourth-order valence-electron chi connectivity index (χ4n) is 3.16. The minimum absolute atomic E-state index is 0.145. The van der Waals surface area contributed by atoms with Crippen LogP contribution < -0.4 is 10.2 Å². The summed E-state index contributed by atoms with van der Waals surface area (Å²) in [4.78, 5) is 12.3. The second-order valence-corrected chi connectivity index (χ2v) is 8.27. The van der Waals surface area contributed by atoms with E-state index in [0.717, 1.165) is 28.3 Å². The number of nitrogens with zero attached hydrogens (tertiary/aromatic N) is 5. The largest absolute Gasteiger partial charge is 0.497 e. The molecule has 0 radical (unpaired) electrons. The average Bonchev–Trinajstić information content (AvgIpc) is 3.44. The molecule has 0 unspecified atom stereocenters. The lowest BCUT2D eigenvalue weighted by molar-refractivity contribution is -0.118. The highest BCUT2D eigenvalue weighted by Gasteiger charge is 2.17. The van der Waals surface area contributed by atoms with Gasteiger partial charge in [0.25, 0.3) is 5.91 Å². The van der Waals surface area contributed by atoms with Crippen LogP contribution in [0.15, 0.2) is 77.1 Å². The van der Waals surface area contributed by atoms with Crippen LogP contribution in [0.4, 0.5) is 0 Å². The molecule has 0 spiro atoms. The molecule has 0 saturated carbocycles. The summed E-state index contributed by atoms with van der Waals surface area (Å²) in [6.45, 7) is 2.04. The molecule has 0 atom stereocenters. The van der Waals surface area contributed by atoms with Gasteiger partial charge >= 0.3 is 0 Å². The lowest BCUT2D eigenvalue weighted by Gasteiger charge is -2.11. The van der Waals surface area contributed by atoms with Crippen LogP contribution in [0.1, 0.15) is 11.3 Å². The Bertz CT molecular complexity index is 1260. The number of hydrogen-bond donors (Lipinski definition) is 1. The zero-order valence-electron chi connectivity index (χ0n) is 18.6. The minimum atomic E-state index is -0.230. The third-order valence-corrected chi connectivity index (χ3v) is 5.91. The number of hydrogen-bond acceptors (Lipinski definition) is 6. The molecular formula is C24H24N6O2S. The van der Waals surface area contributed by atoms with E-state index in [-0.39, 0.29) is 11.7 Å². The normalized spacial score (nSPS) is 11.1. The quantitative estimate of drug-likeness (QED) is 0.245. The van der Waals surface area contributed by atoms with Gasteiger partial charge in [-0.25, -0.2) is 5.43 Å². The number of aryl methyl sites for hydroxylation is 2. The number of aromatic nitrogens is 4. The maximum atomic E-state index is 12.3. The first-order valence-electron chi connectivity index (χ1n) is 10.3. The molecular weight excluding hydrogens is 436 g/mol. The van der Waals surface area contributed by atoms with Crippen molar-refractivity contribution in [2.75, 3.05) is 12.9 Å². The summed E-state index contributed by atoms with van der Waals surface area (Å²) < 4.78 is 9.13. The number of nitrogens with one attached hydrogen (secondary N) is 1. The molecule has 0 fully saturated rings. The van der Waals surface area contributed by atoms with E-state index in [1.54, 1.807) is 13.3 Å². The number of hydrazone groups is 1. The molecule has 2 heterocycles. The van der Waals surface area contributed by atoms with Gasteiger partial charge in [0.2, 0.25) is 0 Å². The molecule has 2 aromatic carbocycles. The Labute approximate surface area is 196 Å². The SMILES string of the molecule is COc1ccc(-n2c(SCC(=O)N/N=C/c3cccn3C)nnc2-c2ccc(C)cc2)cc1. The third-order valence-electron chi connectivity index (χ3n) is 4.98. The zero-order valence-corrected chi connectivity index (χ0v) is 19.4. The molecule has 0 saturated heterocycles. The van der Waals surface area contributed by atoms with Gasteiger partial charge in [0.15, 0.2) is 11.0 Å². The molecule has 1 N–H and O–H groups in total. The summed E-state index contributed by atoms with van der Waals surface area (Å²) in [7, 11) is 3.54. The van der Waals surface area contributed by atoms with Crippen molar-refractivity contribution < 1.29 is 9.53 Å². The lowest BCUT2D eigenvalue weighted by Crippen LogP contribution is -2.20. The maximum absolute atomic E-state index is 12.3. The van der Waals surface area contributed by atoms with Crippen LogP contribution >= 0.6 is 11.8 Å². The third kappa shape index (κ3) is 5.32. The number of methoxy groups -OCH3 is 1. The molecule has 4 rings (SSSR count). The number of benzene rings is 2. The number of ether oxygens (including phenoxy) is 1. The van der Waals surface area contributed by atoms with Gasteiger partial charge in [-0.15, -0.1) is 10.2 Å². The molecule has 0 aliphatic carbocycles. The molecule has 2 aromatic heterocycles. The van der Waals surface area contributed by atoms with Crippen LogP contribution in [0.3, 0.4) is 0 Å². The van der Waals surface area contributed by atoms with Gasteiger partial charge in [-0.1, -0.05) is 41.6 Å². The van der Waals surface area contributed by atoms with E-state index in [0.29, 0.717) is 11.0 Å². The summed E-state index contributed by atoms with van der Waals surface area (Å²) >= 11 is 1.30. The molecule has 0 aliphatic heterocycles. The topological polar surface area (TPSA) is 86.3 Å². The van der Waals surface area contributed by atoms with Crippen LogP contribution in [-0.2, 0) is 11.8 Å².